The smallest absolute Gasteiger partial charge is 0.336 e. The SMILES string of the molecule is O=C(O)c1ccccc1-c1cnc2c(c1)N(Cc1cc(Cl)ccc1Cl)CCN2.O=C(c1cnc2c(c1)N(Cc1cc(Cl)ccc1Cl)CCN2)N1CCN(c2cccc(Cl)c2)CC1. The highest BCUT2D eigenvalue weighted by molar-refractivity contribution is 6.34. The topological polar surface area (TPSA) is 117 Å². The zero-order chi connectivity index (χ0) is 43.3. The lowest BCUT2D eigenvalue weighted by atomic mass is 10.0. The monoisotopic (exact) mass is 928 g/mol. The highest BCUT2D eigenvalue weighted by Gasteiger charge is 2.26. The zero-order valence-electron chi connectivity index (χ0n) is 33.3. The molecule has 11 nitrogen and oxygen atoms in total. The fraction of sp³-hybridized carbons (Fsp3) is 0.217. The maximum absolute atomic E-state index is 13.3. The molecule has 16 heteroatoms. The van der Waals surface area contributed by atoms with Crippen LogP contribution in [0.15, 0.2) is 109 Å². The number of carboxylic acids is 1. The van der Waals surface area contributed by atoms with E-state index in [1.54, 1.807) is 48.8 Å². The summed E-state index contributed by atoms with van der Waals surface area (Å²) in [7, 11) is 0. The Morgan fingerprint density at radius 2 is 1.19 bits per heavy atom. The molecule has 0 spiro atoms. The third kappa shape index (κ3) is 9.93. The predicted octanol–water partition coefficient (Wildman–Crippen LogP) is 10.6. The molecule has 62 heavy (non-hydrogen) atoms. The lowest BCUT2D eigenvalue weighted by molar-refractivity contribution is 0.0696. The van der Waals surface area contributed by atoms with E-state index in [9.17, 15) is 14.7 Å². The van der Waals surface area contributed by atoms with Crippen molar-refractivity contribution in [3.05, 3.63) is 157 Å². The number of benzene rings is 4. The Morgan fingerprint density at radius 1 is 0.613 bits per heavy atom. The van der Waals surface area contributed by atoms with Gasteiger partial charge in [0.1, 0.15) is 11.6 Å². The maximum Gasteiger partial charge on any atom is 0.336 e. The standard InChI is InChI=1S/C25H24Cl3N5O.C21H17Cl2N3O2/c26-19-2-1-3-21(14-19)31-8-10-32(11-9-31)25(34)17-13-23-24(30-15-17)29-6-7-33(23)16-18-12-20(27)4-5-22(18)28;22-15-5-6-18(23)14(9-15)12-26-8-7-24-20-19(26)10-13(11-25-20)16-3-1-2-4-17(16)21(27)28/h1-5,12-15H,6-11,16H2,(H,29,30);1-6,9-11H,7-8,12H2,(H,24,25)(H,27,28). The van der Waals surface area contributed by atoms with Crippen LogP contribution in [-0.2, 0) is 13.1 Å². The van der Waals surface area contributed by atoms with Crippen molar-refractivity contribution in [3.63, 3.8) is 0 Å². The van der Waals surface area contributed by atoms with E-state index < -0.39 is 5.97 Å². The van der Waals surface area contributed by atoms with Gasteiger partial charge in [-0.25, -0.2) is 14.8 Å². The Balaban J connectivity index is 0.000000174. The zero-order valence-corrected chi connectivity index (χ0v) is 37.1. The summed E-state index contributed by atoms with van der Waals surface area (Å²) in [5.41, 5.74) is 6.97. The van der Waals surface area contributed by atoms with Gasteiger partial charge in [0.15, 0.2) is 0 Å². The molecule has 1 amide bonds. The highest BCUT2D eigenvalue weighted by atomic mass is 35.5. The molecule has 0 saturated carbocycles. The van der Waals surface area contributed by atoms with Gasteiger partial charge in [-0.2, -0.15) is 0 Å². The number of carbonyl (C=O) groups is 2. The third-order valence-electron chi connectivity index (χ3n) is 11.0. The molecule has 2 aromatic heterocycles. The molecule has 3 aliphatic rings. The van der Waals surface area contributed by atoms with Crippen molar-refractivity contribution < 1.29 is 14.7 Å². The first-order chi connectivity index (χ1) is 30.0. The van der Waals surface area contributed by atoms with Crippen LogP contribution in [0.1, 0.15) is 31.8 Å². The second kappa shape index (κ2) is 19.3. The largest absolute Gasteiger partial charge is 0.478 e. The van der Waals surface area contributed by atoms with Crippen LogP contribution >= 0.6 is 58.0 Å². The van der Waals surface area contributed by atoms with Crippen molar-refractivity contribution in [1.82, 2.24) is 14.9 Å². The number of anilines is 5. The van der Waals surface area contributed by atoms with Crippen molar-refractivity contribution in [3.8, 4) is 11.1 Å². The van der Waals surface area contributed by atoms with Crippen LogP contribution in [0.25, 0.3) is 11.1 Å². The van der Waals surface area contributed by atoms with Crippen molar-refractivity contribution in [1.29, 1.82) is 0 Å². The van der Waals surface area contributed by atoms with E-state index in [-0.39, 0.29) is 11.5 Å². The van der Waals surface area contributed by atoms with Gasteiger partial charge in [0, 0.05) is 114 Å². The van der Waals surface area contributed by atoms with Gasteiger partial charge in [-0.15, -0.1) is 0 Å². The molecule has 0 bridgehead atoms. The number of nitrogens with zero attached hydrogens (tertiary/aromatic N) is 6. The summed E-state index contributed by atoms with van der Waals surface area (Å²) in [5, 5.41) is 19.4. The van der Waals surface area contributed by atoms with Crippen molar-refractivity contribution in [2.45, 2.75) is 13.1 Å². The minimum Gasteiger partial charge on any atom is -0.478 e. The Bertz CT molecular complexity index is 2630. The summed E-state index contributed by atoms with van der Waals surface area (Å²) >= 11 is 31.2. The van der Waals surface area contributed by atoms with Gasteiger partial charge in [0.2, 0.25) is 0 Å². The molecule has 3 N–H and O–H groups in total. The van der Waals surface area contributed by atoms with Crippen LogP contribution in [0, 0.1) is 0 Å². The highest BCUT2D eigenvalue weighted by Crippen LogP contribution is 2.36. The van der Waals surface area contributed by atoms with E-state index in [0.717, 1.165) is 84.7 Å². The van der Waals surface area contributed by atoms with Crippen molar-refractivity contribution >= 4 is 98.6 Å². The van der Waals surface area contributed by atoms with Gasteiger partial charge in [0.05, 0.1) is 22.5 Å². The molecule has 3 aliphatic heterocycles. The molecular formula is C46H41Cl5N8O3. The molecule has 6 aromatic rings. The number of halogens is 5. The number of amides is 1. The fourth-order valence-electron chi connectivity index (χ4n) is 7.80. The number of fused-ring (bicyclic) bond motifs is 2. The number of carbonyl (C=O) groups excluding carboxylic acids is 1. The summed E-state index contributed by atoms with van der Waals surface area (Å²) in [6, 6.07) is 29.5. The van der Waals surface area contributed by atoms with E-state index in [4.69, 9.17) is 58.0 Å². The number of piperazine rings is 1. The molecule has 0 unspecified atom stereocenters. The number of rotatable bonds is 8. The Labute approximate surface area is 384 Å². The first-order valence-electron chi connectivity index (χ1n) is 20.0. The molecule has 0 radical (unpaired) electrons. The number of hydrogen-bond donors (Lipinski definition) is 3. The van der Waals surface area contributed by atoms with Crippen molar-refractivity contribution in [2.75, 3.05) is 77.7 Å². The lowest BCUT2D eigenvalue weighted by Crippen LogP contribution is -2.48. The van der Waals surface area contributed by atoms with Gasteiger partial charge >= 0.3 is 5.97 Å². The van der Waals surface area contributed by atoms with Gasteiger partial charge < -0.3 is 35.3 Å². The van der Waals surface area contributed by atoms with Gasteiger partial charge in [-0.3, -0.25) is 4.79 Å². The molecular weight excluding hydrogens is 890 g/mol. The molecule has 5 heterocycles. The molecule has 9 rings (SSSR count). The van der Waals surface area contributed by atoms with Crippen LogP contribution < -0.4 is 25.3 Å². The van der Waals surface area contributed by atoms with Crippen LogP contribution in [0.5, 0.6) is 0 Å². The first kappa shape index (κ1) is 43.2. The number of hydrogen-bond acceptors (Lipinski definition) is 9. The minimum absolute atomic E-state index is 0.00708. The Morgan fingerprint density at radius 3 is 1.81 bits per heavy atom. The quantitative estimate of drug-likeness (QED) is 0.136. The minimum atomic E-state index is -0.964. The second-order valence-electron chi connectivity index (χ2n) is 15.0. The number of pyridine rings is 2. The molecule has 0 atom stereocenters. The van der Waals surface area contributed by atoms with E-state index in [0.29, 0.717) is 62.4 Å². The second-order valence-corrected chi connectivity index (χ2v) is 17.1. The molecule has 1 saturated heterocycles. The van der Waals surface area contributed by atoms with Gasteiger partial charge in [0.25, 0.3) is 5.91 Å². The average molecular weight is 931 g/mol. The van der Waals surface area contributed by atoms with Crippen LogP contribution in [0.2, 0.25) is 25.1 Å². The summed E-state index contributed by atoms with van der Waals surface area (Å²) in [6.07, 6.45) is 3.36. The van der Waals surface area contributed by atoms with Crippen LogP contribution in [0.3, 0.4) is 0 Å². The number of aromatic nitrogens is 2. The fourth-order valence-corrected chi connectivity index (χ4v) is 8.73. The van der Waals surface area contributed by atoms with E-state index >= 15 is 0 Å². The van der Waals surface area contributed by atoms with Crippen LogP contribution in [0.4, 0.5) is 28.7 Å². The molecule has 1 fully saturated rings. The summed E-state index contributed by atoms with van der Waals surface area (Å²) in [5.74, 6) is 0.564. The Hall–Kier alpha value is -5.43. The molecule has 4 aromatic carbocycles. The first-order valence-corrected chi connectivity index (χ1v) is 21.9. The van der Waals surface area contributed by atoms with Gasteiger partial charge in [-0.05, 0) is 89.5 Å². The maximum atomic E-state index is 13.3. The summed E-state index contributed by atoms with van der Waals surface area (Å²) in [6.45, 7) is 7.02. The predicted molar refractivity (Wildman–Crippen MR) is 252 cm³/mol. The lowest BCUT2D eigenvalue weighted by Gasteiger charge is -2.36. The third-order valence-corrected chi connectivity index (χ3v) is 12.4. The molecule has 0 aliphatic carbocycles. The number of aromatic carboxylic acids is 1. The average Bonchev–Trinajstić information content (AvgIpc) is 3.29. The summed E-state index contributed by atoms with van der Waals surface area (Å²) < 4.78 is 0. The van der Waals surface area contributed by atoms with E-state index in [1.807, 2.05) is 65.6 Å². The van der Waals surface area contributed by atoms with Crippen LogP contribution in [-0.4, -0.2) is 84.2 Å². The molecule has 318 valence electrons. The Kier molecular flexibility index (Phi) is 13.5. The van der Waals surface area contributed by atoms with E-state index in [1.165, 1.54) is 0 Å². The number of nitrogens with one attached hydrogen (secondary N) is 2. The number of carboxylic acid groups (broad SMARTS) is 1. The van der Waals surface area contributed by atoms with Crippen molar-refractivity contribution in [2.24, 2.45) is 0 Å². The van der Waals surface area contributed by atoms with E-state index in [2.05, 4.69) is 35.3 Å². The normalized spacial score (nSPS) is 14.5. The van der Waals surface area contributed by atoms with Gasteiger partial charge in [-0.1, -0.05) is 82.3 Å². The summed E-state index contributed by atoms with van der Waals surface area (Å²) in [4.78, 5) is 42.5.